The van der Waals surface area contributed by atoms with Gasteiger partial charge >= 0.3 is 0 Å². The van der Waals surface area contributed by atoms with Crippen molar-refractivity contribution in [3.05, 3.63) is 30.5 Å². The molecule has 1 aromatic carbocycles. The van der Waals surface area contributed by atoms with Crippen molar-refractivity contribution in [1.82, 2.24) is 15.1 Å². The molecule has 104 valence electrons. The first-order valence-corrected chi connectivity index (χ1v) is 7.30. The maximum atomic E-state index is 9.36. The summed E-state index contributed by atoms with van der Waals surface area (Å²) in [4.78, 5) is 0. The van der Waals surface area contributed by atoms with Gasteiger partial charge in [0.05, 0.1) is 17.8 Å². The van der Waals surface area contributed by atoms with Crippen molar-refractivity contribution in [3.63, 3.8) is 0 Å². The van der Waals surface area contributed by atoms with E-state index in [1.165, 1.54) is 23.7 Å². The fourth-order valence-electron chi connectivity index (χ4n) is 2.62. The first kappa shape index (κ1) is 13.1. The zero-order valence-electron chi connectivity index (χ0n) is 11.8. The first-order chi connectivity index (χ1) is 9.70. The lowest BCUT2D eigenvalue weighted by molar-refractivity contribution is 0.388. The van der Waals surface area contributed by atoms with Crippen LogP contribution in [-0.2, 0) is 6.54 Å². The molecule has 1 aliphatic carbocycles. The van der Waals surface area contributed by atoms with Crippen molar-refractivity contribution in [2.24, 2.45) is 0 Å². The molecule has 0 radical (unpaired) electrons. The van der Waals surface area contributed by atoms with E-state index in [0.29, 0.717) is 6.04 Å². The Balaban J connectivity index is 1.60. The smallest absolute Gasteiger partial charge is 0.104 e. The summed E-state index contributed by atoms with van der Waals surface area (Å²) in [5.41, 5.74) is 0.769. The minimum Gasteiger partial charge on any atom is -0.297 e. The van der Waals surface area contributed by atoms with Gasteiger partial charge in [-0.05, 0) is 38.7 Å². The van der Waals surface area contributed by atoms with E-state index in [-0.39, 0.29) is 0 Å². The summed E-state index contributed by atoms with van der Waals surface area (Å²) in [5, 5.41) is 18.4. The molecular formula is C16H20N4. The molecule has 3 rings (SSSR count). The number of nitriles is 1. The molecule has 4 heteroatoms. The number of rotatable bonds is 6. The highest BCUT2D eigenvalue weighted by atomic mass is 15.3. The Morgan fingerprint density at radius 3 is 3.00 bits per heavy atom. The van der Waals surface area contributed by atoms with E-state index in [1.54, 1.807) is 0 Å². The van der Waals surface area contributed by atoms with Gasteiger partial charge in [0.2, 0.25) is 0 Å². The van der Waals surface area contributed by atoms with Gasteiger partial charge in [-0.25, -0.2) is 0 Å². The van der Waals surface area contributed by atoms with E-state index < -0.39 is 5.54 Å². The molecule has 1 atom stereocenters. The number of hydrogen-bond donors (Lipinski definition) is 1. The van der Waals surface area contributed by atoms with E-state index in [1.807, 2.05) is 29.9 Å². The number of hydrogen-bond acceptors (Lipinski definition) is 3. The molecular weight excluding hydrogens is 248 g/mol. The molecule has 0 amide bonds. The quantitative estimate of drug-likeness (QED) is 0.876. The summed E-state index contributed by atoms with van der Waals surface area (Å²) in [6.45, 7) is 2.86. The lowest BCUT2D eigenvalue weighted by Gasteiger charge is -2.23. The maximum Gasteiger partial charge on any atom is 0.104 e. The average molecular weight is 268 g/mol. The van der Waals surface area contributed by atoms with Crippen LogP contribution in [0.4, 0.5) is 0 Å². The van der Waals surface area contributed by atoms with Gasteiger partial charge in [-0.2, -0.15) is 10.4 Å². The van der Waals surface area contributed by atoms with Crippen LogP contribution in [0.2, 0.25) is 0 Å². The van der Waals surface area contributed by atoms with E-state index in [9.17, 15) is 5.26 Å². The SMILES string of the molecule is CC(C#N)(CCCn1ncc2ccccc21)NC1CC1. The largest absolute Gasteiger partial charge is 0.297 e. The lowest BCUT2D eigenvalue weighted by atomic mass is 9.97. The predicted octanol–water partition coefficient (Wildman–Crippen LogP) is 2.85. The van der Waals surface area contributed by atoms with Crippen LogP contribution in [0.1, 0.15) is 32.6 Å². The summed E-state index contributed by atoms with van der Waals surface area (Å²) in [6, 6.07) is 11.2. The third kappa shape index (κ3) is 2.83. The van der Waals surface area contributed by atoms with Crippen molar-refractivity contribution in [2.45, 2.75) is 50.7 Å². The maximum absolute atomic E-state index is 9.36. The third-order valence-electron chi connectivity index (χ3n) is 3.94. The van der Waals surface area contributed by atoms with Crippen molar-refractivity contribution < 1.29 is 0 Å². The molecule has 0 bridgehead atoms. The summed E-state index contributed by atoms with van der Waals surface area (Å²) in [5.74, 6) is 0. The van der Waals surface area contributed by atoms with Crippen LogP contribution in [0, 0.1) is 11.3 Å². The summed E-state index contributed by atoms with van der Waals surface area (Å²) in [6.07, 6.45) is 6.13. The Morgan fingerprint density at radius 1 is 1.45 bits per heavy atom. The molecule has 20 heavy (non-hydrogen) atoms. The van der Waals surface area contributed by atoms with E-state index >= 15 is 0 Å². The highest BCUT2D eigenvalue weighted by Gasteiger charge is 2.31. The van der Waals surface area contributed by atoms with E-state index in [0.717, 1.165) is 19.4 Å². The molecule has 1 unspecified atom stereocenters. The Kier molecular flexibility index (Phi) is 3.45. The molecule has 4 nitrogen and oxygen atoms in total. The highest BCUT2D eigenvalue weighted by Crippen LogP contribution is 2.24. The number of aromatic nitrogens is 2. The van der Waals surface area contributed by atoms with Crippen LogP contribution in [0.15, 0.2) is 30.5 Å². The number of benzene rings is 1. The summed E-state index contributed by atoms with van der Waals surface area (Å²) < 4.78 is 2.03. The molecule has 0 saturated heterocycles. The molecule has 1 N–H and O–H groups in total. The van der Waals surface area contributed by atoms with Crippen LogP contribution in [0.25, 0.3) is 10.9 Å². The molecule has 0 spiro atoms. The van der Waals surface area contributed by atoms with E-state index in [2.05, 4.69) is 28.6 Å². The normalized spacial score (nSPS) is 17.8. The second-order valence-electron chi connectivity index (χ2n) is 5.89. The zero-order chi connectivity index (χ0) is 14.0. The number of nitrogens with zero attached hydrogens (tertiary/aromatic N) is 3. The fraction of sp³-hybridized carbons (Fsp3) is 0.500. The molecule has 1 fully saturated rings. The molecule has 1 aromatic heterocycles. The Hall–Kier alpha value is -1.86. The van der Waals surface area contributed by atoms with Gasteiger partial charge in [0, 0.05) is 18.0 Å². The minimum absolute atomic E-state index is 0.399. The zero-order valence-corrected chi connectivity index (χ0v) is 11.8. The van der Waals surface area contributed by atoms with Gasteiger partial charge in [-0.15, -0.1) is 0 Å². The standard InChI is InChI=1S/C16H20N4/c1-16(12-17,19-14-7-8-14)9-4-10-20-15-6-3-2-5-13(15)11-18-20/h2-3,5-6,11,14,19H,4,7-10H2,1H3. The predicted molar refractivity (Wildman–Crippen MR) is 79.1 cm³/mol. The van der Waals surface area contributed by atoms with Crippen molar-refractivity contribution >= 4 is 10.9 Å². The van der Waals surface area contributed by atoms with Crippen LogP contribution >= 0.6 is 0 Å². The molecule has 1 saturated carbocycles. The topological polar surface area (TPSA) is 53.6 Å². The molecule has 1 heterocycles. The van der Waals surface area contributed by atoms with Gasteiger partial charge in [0.1, 0.15) is 5.54 Å². The Morgan fingerprint density at radius 2 is 2.25 bits per heavy atom. The van der Waals surface area contributed by atoms with Crippen LogP contribution in [0.5, 0.6) is 0 Å². The van der Waals surface area contributed by atoms with Gasteiger partial charge < -0.3 is 0 Å². The van der Waals surface area contributed by atoms with Gasteiger partial charge in [-0.1, -0.05) is 18.2 Å². The number of nitrogens with one attached hydrogen (secondary N) is 1. The first-order valence-electron chi connectivity index (χ1n) is 7.30. The molecule has 2 aromatic rings. The van der Waals surface area contributed by atoms with Crippen molar-refractivity contribution in [1.29, 1.82) is 5.26 Å². The van der Waals surface area contributed by atoms with Crippen LogP contribution in [0.3, 0.4) is 0 Å². The van der Waals surface area contributed by atoms with Crippen molar-refractivity contribution in [2.75, 3.05) is 0 Å². The monoisotopic (exact) mass is 268 g/mol. The average Bonchev–Trinajstić information content (AvgIpc) is 3.17. The van der Waals surface area contributed by atoms with E-state index in [4.69, 9.17) is 0 Å². The Bertz CT molecular complexity index is 635. The number of para-hydroxylation sites is 1. The minimum atomic E-state index is -0.399. The van der Waals surface area contributed by atoms with Gasteiger partial charge in [0.25, 0.3) is 0 Å². The van der Waals surface area contributed by atoms with Gasteiger partial charge in [0.15, 0.2) is 0 Å². The van der Waals surface area contributed by atoms with Gasteiger partial charge in [-0.3, -0.25) is 10.00 Å². The highest BCUT2D eigenvalue weighted by molar-refractivity contribution is 5.78. The second-order valence-corrected chi connectivity index (χ2v) is 5.89. The Labute approximate surface area is 119 Å². The molecule has 1 aliphatic rings. The third-order valence-corrected chi connectivity index (χ3v) is 3.94. The van der Waals surface area contributed by atoms with Crippen LogP contribution < -0.4 is 5.32 Å². The summed E-state index contributed by atoms with van der Waals surface area (Å²) in [7, 11) is 0. The van der Waals surface area contributed by atoms with Crippen molar-refractivity contribution in [3.8, 4) is 6.07 Å². The number of aryl methyl sites for hydroxylation is 1. The van der Waals surface area contributed by atoms with Crippen LogP contribution in [-0.4, -0.2) is 21.4 Å². The summed E-state index contributed by atoms with van der Waals surface area (Å²) >= 11 is 0. The fourth-order valence-corrected chi connectivity index (χ4v) is 2.62. The second kappa shape index (κ2) is 5.26. The number of fused-ring (bicyclic) bond motifs is 1. The lowest BCUT2D eigenvalue weighted by Crippen LogP contribution is -2.42. The molecule has 0 aliphatic heterocycles.